The lowest BCUT2D eigenvalue weighted by Crippen LogP contribution is -2.13. The van der Waals surface area contributed by atoms with Gasteiger partial charge in [0.05, 0.1) is 0 Å². The Morgan fingerprint density at radius 3 is 2.88 bits per heavy atom. The highest BCUT2D eigenvalue weighted by atomic mass is 16.1. The minimum Gasteiger partial charge on any atom is -0.360 e. The molecule has 0 spiro atoms. The van der Waals surface area contributed by atoms with E-state index in [1.807, 2.05) is 18.2 Å². The van der Waals surface area contributed by atoms with Gasteiger partial charge in [0.25, 0.3) is 0 Å². The van der Waals surface area contributed by atoms with Gasteiger partial charge in [0, 0.05) is 29.4 Å². The Kier molecular flexibility index (Phi) is 1.80. The first-order valence-corrected chi connectivity index (χ1v) is 5.11. The number of ketones is 1. The molecule has 0 radical (unpaired) electrons. The number of pyridine rings is 1. The zero-order valence-electron chi connectivity index (χ0n) is 8.49. The predicted octanol–water partition coefficient (Wildman–Crippen LogP) is 2.08. The van der Waals surface area contributed by atoms with E-state index in [0.717, 1.165) is 11.3 Å². The molecule has 3 aliphatic rings. The second-order valence-corrected chi connectivity index (χ2v) is 3.82. The van der Waals surface area contributed by atoms with Gasteiger partial charge < -0.3 is 4.98 Å². The number of allylic oxidation sites excluding steroid dienone is 1. The van der Waals surface area contributed by atoms with Gasteiger partial charge >= 0.3 is 0 Å². The van der Waals surface area contributed by atoms with Gasteiger partial charge in [-0.15, -0.1) is 0 Å². The number of carbonyl (C=O) groups excluding carboxylic acids is 1. The standard InChI is InChI=1S/C13H9NO2/c15-11-5-1-3-8-9(11)7-14-10-4-2-6-12(16)13(8)10/h1-5,7,14H,6H2. The van der Waals surface area contributed by atoms with Gasteiger partial charge in [0.1, 0.15) is 0 Å². The highest BCUT2D eigenvalue weighted by Crippen LogP contribution is 2.28. The van der Waals surface area contributed by atoms with E-state index in [1.165, 1.54) is 6.07 Å². The minimum absolute atomic E-state index is 0.0566. The van der Waals surface area contributed by atoms with E-state index in [-0.39, 0.29) is 11.2 Å². The Hall–Kier alpha value is -2.16. The van der Waals surface area contributed by atoms with Crippen LogP contribution in [-0.2, 0) is 0 Å². The molecule has 16 heavy (non-hydrogen) atoms. The maximum atomic E-state index is 11.8. The molecule has 78 valence electrons. The minimum atomic E-state index is -0.0566. The van der Waals surface area contributed by atoms with Gasteiger partial charge in [-0.25, -0.2) is 0 Å². The second kappa shape index (κ2) is 3.17. The third kappa shape index (κ3) is 1.15. The summed E-state index contributed by atoms with van der Waals surface area (Å²) >= 11 is 0. The fraction of sp³-hybridized carbons (Fsp3) is 0.0769. The first kappa shape index (κ1) is 9.09. The largest absolute Gasteiger partial charge is 0.360 e. The SMILES string of the molecule is O=C1CC=Cc2[nH]cc3c(=O)cccc-3c21. The van der Waals surface area contributed by atoms with Crippen LogP contribution in [0.5, 0.6) is 0 Å². The summed E-state index contributed by atoms with van der Waals surface area (Å²) in [5.74, 6) is 0.0601. The summed E-state index contributed by atoms with van der Waals surface area (Å²) in [6.07, 6.45) is 5.78. The van der Waals surface area contributed by atoms with E-state index in [9.17, 15) is 9.59 Å². The number of hydrogen-bond donors (Lipinski definition) is 1. The molecule has 0 saturated carbocycles. The molecule has 1 heterocycles. The van der Waals surface area contributed by atoms with E-state index >= 15 is 0 Å². The zero-order chi connectivity index (χ0) is 11.1. The van der Waals surface area contributed by atoms with E-state index in [1.54, 1.807) is 12.3 Å². The Balaban J connectivity index is 2.46. The number of nitrogens with one attached hydrogen (secondary N) is 1. The van der Waals surface area contributed by atoms with Crippen LogP contribution in [0, 0.1) is 0 Å². The summed E-state index contributed by atoms with van der Waals surface area (Å²) in [6.45, 7) is 0. The van der Waals surface area contributed by atoms with Crippen molar-refractivity contribution >= 4 is 11.9 Å². The topological polar surface area (TPSA) is 49.9 Å². The number of H-pyrrole nitrogens is 1. The van der Waals surface area contributed by atoms with E-state index in [4.69, 9.17) is 0 Å². The van der Waals surface area contributed by atoms with Crippen LogP contribution >= 0.6 is 0 Å². The summed E-state index contributed by atoms with van der Waals surface area (Å²) in [6, 6.07) is 5.02. The smallest absolute Gasteiger partial charge is 0.187 e. The van der Waals surface area contributed by atoms with Crippen molar-refractivity contribution in [2.24, 2.45) is 0 Å². The van der Waals surface area contributed by atoms with E-state index < -0.39 is 0 Å². The fourth-order valence-electron chi connectivity index (χ4n) is 2.10. The van der Waals surface area contributed by atoms with Gasteiger partial charge in [-0.05, 0) is 17.7 Å². The first-order chi connectivity index (χ1) is 7.77. The van der Waals surface area contributed by atoms with Crippen LogP contribution in [0.1, 0.15) is 22.5 Å². The predicted molar refractivity (Wildman–Crippen MR) is 61.7 cm³/mol. The molecule has 1 N–H and O–H groups in total. The molecule has 0 saturated heterocycles. The van der Waals surface area contributed by atoms with Crippen molar-refractivity contribution in [3.8, 4) is 11.1 Å². The lowest BCUT2D eigenvalue weighted by atomic mass is 9.91. The summed E-state index contributed by atoms with van der Waals surface area (Å²) in [4.78, 5) is 26.5. The van der Waals surface area contributed by atoms with Crippen molar-refractivity contribution < 1.29 is 4.79 Å². The molecule has 3 rings (SSSR count). The average molecular weight is 211 g/mol. The average Bonchev–Trinajstić information content (AvgIpc) is 2.29. The van der Waals surface area contributed by atoms with Gasteiger partial charge in [0.2, 0.25) is 0 Å². The van der Waals surface area contributed by atoms with Crippen LogP contribution in [0.4, 0.5) is 0 Å². The molecule has 0 amide bonds. The second-order valence-electron chi connectivity index (χ2n) is 3.82. The highest BCUT2D eigenvalue weighted by Gasteiger charge is 2.20. The van der Waals surface area contributed by atoms with Crippen molar-refractivity contribution in [1.29, 1.82) is 0 Å². The van der Waals surface area contributed by atoms with Gasteiger partial charge in [-0.1, -0.05) is 18.2 Å². The molecular weight excluding hydrogens is 202 g/mol. The monoisotopic (exact) mass is 211 g/mol. The molecule has 0 bridgehead atoms. The third-order valence-corrected chi connectivity index (χ3v) is 2.84. The van der Waals surface area contributed by atoms with Crippen LogP contribution in [0.3, 0.4) is 0 Å². The lowest BCUT2D eigenvalue weighted by Gasteiger charge is -2.15. The number of fused-ring (bicyclic) bond motifs is 3. The van der Waals surface area contributed by atoms with Gasteiger partial charge in [-0.2, -0.15) is 0 Å². The Labute approximate surface area is 91.8 Å². The quantitative estimate of drug-likeness (QED) is 0.725. The summed E-state index contributed by atoms with van der Waals surface area (Å²) in [5.41, 5.74) is 2.69. The van der Waals surface area contributed by atoms with E-state index in [0.29, 0.717) is 17.5 Å². The lowest BCUT2D eigenvalue weighted by molar-refractivity contribution is 0.0994. The first-order valence-electron chi connectivity index (χ1n) is 5.11. The molecule has 2 aliphatic carbocycles. The molecule has 0 aromatic rings. The number of Topliss-reactive ketones (excluding diaryl/α,β-unsaturated/α-hetero) is 1. The third-order valence-electron chi connectivity index (χ3n) is 2.84. The van der Waals surface area contributed by atoms with Crippen molar-refractivity contribution in [2.45, 2.75) is 6.42 Å². The molecular formula is C13H9NO2. The van der Waals surface area contributed by atoms with Crippen LogP contribution in [0.2, 0.25) is 0 Å². The van der Waals surface area contributed by atoms with Crippen LogP contribution in [-0.4, -0.2) is 10.8 Å². The van der Waals surface area contributed by atoms with Crippen LogP contribution in [0.25, 0.3) is 17.2 Å². The number of aromatic nitrogens is 1. The Morgan fingerprint density at radius 1 is 1.12 bits per heavy atom. The summed E-state index contributed by atoms with van der Waals surface area (Å²) in [5, 5.41) is 0. The summed E-state index contributed by atoms with van der Waals surface area (Å²) in [7, 11) is 0. The molecule has 0 aromatic heterocycles. The number of carbonyl (C=O) groups is 1. The van der Waals surface area contributed by atoms with Gasteiger partial charge in [0.15, 0.2) is 11.2 Å². The summed E-state index contributed by atoms with van der Waals surface area (Å²) < 4.78 is 0. The number of rotatable bonds is 0. The van der Waals surface area contributed by atoms with Crippen LogP contribution in [0.15, 0.2) is 35.3 Å². The maximum absolute atomic E-state index is 11.8. The molecule has 0 fully saturated rings. The van der Waals surface area contributed by atoms with Crippen molar-refractivity contribution in [2.75, 3.05) is 0 Å². The van der Waals surface area contributed by atoms with E-state index in [2.05, 4.69) is 4.98 Å². The molecule has 3 heteroatoms. The number of aromatic amines is 1. The molecule has 0 aromatic carbocycles. The highest BCUT2D eigenvalue weighted by molar-refractivity contribution is 6.07. The molecule has 0 unspecified atom stereocenters. The van der Waals surface area contributed by atoms with Crippen molar-refractivity contribution in [3.05, 3.63) is 52.0 Å². The zero-order valence-corrected chi connectivity index (χ0v) is 8.49. The number of hydrogen-bond acceptors (Lipinski definition) is 2. The number of benzene rings is 1. The molecule has 0 atom stereocenters. The fourth-order valence-corrected chi connectivity index (χ4v) is 2.10. The maximum Gasteiger partial charge on any atom is 0.187 e. The molecule has 1 aliphatic heterocycles. The van der Waals surface area contributed by atoms with Crippen LogP contribution < -0.4 is 5.43 Å². The Bertz CT molecular complexity index is 637. The normalized spacial score (nSPS) is 14.1. The van der Waals surface area contributed by atoms with Crippen molar-refractivity contribution in [3.63, 3.8) is 0 Å². The Morgan fingerprint density at radius 2 is 2.00 bits per heavy atom. The van der Waals surface area contributed by atoms with Crippen molar-refractivity contribution in [1.82, 2.24) is 4.98 Å². The van der Waals surface area contributed by atoms with Gasteiger partial charge in [-0.3, -0.25) is 9.59 Å². The molecule has 3 nitrogen and oxygen atoms in total.